The predicted octanol–water partition coefficient (Wildman–Crippen LogP) is 5.49. The van der Waals surface area contributed by atoms with Gasteiger partial charge < -0.3 is 14.8 Å². The Kier molecular flexibility index (Phi) is 8.08. The van der Waals surface area contributed by atoms with E-state index in [1.165, 1.54) is 23.0 Å². The second kappa shape index (κ2) is 11.4. The van der Waals surface area contributed by atoms with E-state index in [0.29, 0.717) is 23.0 Å². The number of carbonyl (C=O) groups is 2. The van der Waals surface area contributed by atoms with Gasteiger partial charge in [0.25, 0.3) is 0 Å². The second-order valence-electron chi connectivity index (χ2n) is 11.4. The van der Waals surface area contributed by atoms with Crippen molar-refractivity contribution < 1.29 is 23.5 Å². The molecule has 0 atom stereocenters. The lowest BCUT2D eigenvalue weighted by molar-refractivity contribution is -0.157. The highest BCUT2D eigenvalue weighted by Gasteiger charge is 2.23. The maximum absolute atomic E-state index is 14.8. The van der Waals surface area contributed by atoms with Crippen LogP contribution in [0.2, 0.25) is 0 Å². The third-order valence-electron chi connectivity index (χ3n) is 5.79. The monoisotopic (exact) mass is 564 g/mol. The van der Waals surface area contributed by atoms with Gasteiger partial charge in [-0.3, -0.25) is 19.8 Å². The van der Waals surface area contributed by atoms with Gasteiger partial charge in [0, 0.05) is 36.9 Å². The van der Waals surface area contributed by atoms with Crippen molar-refractivity contribution in [2.24, 2.45) is 12.5 Å². The zero-order chi connectivity index (χ0) is 29.9. The molecule has 3 heterocycles. The summed E-state index contributed by atoms with van der Waals surface area (Å²) in [5.41, 5.74) is 0.860. The average Bonchev–Trinajstić information content (AvgIpc) is 3.50. The Balaban J connectivity index is 1.38. The molecule has 0 unspecified atom stereocenters. The summed E-state index contributed by atoms with van der Waals surface area (Å²) in [6, 6.07) is 8.49. The normalized spacial score (nSPS) is 11.7. The second-order valence-corrected chi connectivity index (χ2v) is 11.4. The van der Waals surface area contributed by atoms with Gasteiger partial charge >= 0.3 is 12.0 Å². The molecule has 2 amide bonds. The molecule has 0 aliphatic heterocycles. The number of pyridine rings is 1. The van der Waals surface area contributed by atoms with Gasteiger partial charge in [-0.15, -0.1) is 5.10 Å². The van der Waals surface area contributed by atoms with Gasteiger partial charge in [0.15, 0.2) is 6.73 Å². The molecule has 0 bridgehead atoms. The fourth-order valence-electron chi connectivity index (χ4n) is 3.45. The number of hydrogen-bond donors (Lipinski definition) is 2. The van der Waals surface area contributed by atoms with Crippen molar-refractivity contribution >= 4 is 23.5 Å². The van der Waals surface area contributed by atoms with Crippen molar-refractivity contribution in [3.05, 3.63) is 60.3 Å². The molecule has 13 heteroatoms. The quantitative estimate of drug-likeness (QED) is 0.281. The van der Waals surface area contributed by atoms with Crippen molar-refractivity contribution in [3.8, 4) is 22.9 Å². The van der Waals surface area contributed by atoms with Crippen LogP contribution in [0.4, 0.5) is 20.7 Å². The molecule has 0 fully saturated rings. The number of ether oxygens (including phenoxy) is 2. The Morgan fingerprint density at radius 2 is 1.71 bits per heavy atom. The first kappa shape index (κ1) is 29.2. The third kappa shape index (κ3) is 7.44. The molecule has 0 saturated heterocycles. The molecule has 4 aromatic rings. The summed E-state index contributed by atoms with van der Waals surface area (Å²) in [5.74, 6) is 0.0322. The van der Waals surface area contributed by atoms with Crippen LogP contribution < -0.4 is 15.4 Å². The number of anilines is 2. The van der Waals surface area contributed by atoms with Crippen molar-refractivity contribution in [1.29, 1.82) is 0 Å². The van der Waals surface area contributed by atoms with Gasteiger partial charge in [0.2, 0.25) is 0 Å². The molecule has 216 valence electrons. The first-order valence-electron chi connectivity index (χ1n) is 12.8. The summed E-state index contributed by atoms with van der Waals surface area (Å²) in [5, 5.41) is 17.6. The zero-order valence-corrected chi connectivity index (χ0v) is 24.0. The van der Waals surface area contributed by atoms with Crippen LogP contribution in [-0.4, -0.2) is 41.8 Å². The smallest absolute Gasteiger partial charge is 0.324 e. The Hall–Kier alpha value is -4.81. The number of hydrogen-bond acceptors (Lipinski definition) is 8. The lowest BCUT2D eigenvalue weighted by Gasteiger charge is -2.15. The maximum Gasteiger partial charge on any atom is 0.324 e. The molecule has 0 aliphatic carbocycles. The summed E-state index contributed by atoms with van der Waals surface area (Å²) in [7, 11) is 1.72. The molecule has 0 spiro atoms. The number of esters is 1. The number of halogens is 1. The van der Waals surface area contributed by atoms with E-state index in [1.54, 1.807) is 56.9 Å². The van der Waals surface area contributed by atoms with E-state index in [0.717, 1.165) is 11.8 Å². The van der Waals surface area contributed by atoms with Crippen molar-refractivity contribution in [2.75, 3.05) is 10.6 Å². The van der Waals surface area contributed by atoms with Crippen LogP contribution >= 0.6 is 0 Å². The fourth-order valence-corrected chi connectivity index (χ4v) is 3.45. The molecule has 0 saturated carbocycles. The van der Waals surface area contributed by atoms with E-state index < -0.39 is 17.3 Å². The molecule has 41 heavy (non-hydrogen) atoms. The van der Waals surface area contributed by atoms with E-state index in [1.807, 2.05) is 20.8 Å². The Labute approximate surface area is 236 Å². The molecule has 2 N–H and O–H groups in total. The molecule has 12 nitrogen and oxygen atoms in total. The summed E-state index contributed by atoms with van der Waals surface area (Å²) in [4.78, 5) is 28.8. The number of amides is 2. The van der Waals surface area contributed by atoms with Gasteiger partial charge in [0.05, 0.1) is 28.7 Å². The highest BCUT2D eigenvalue weighted by Crippen LogP contribution is 2.28. The van der Waals surface area contributed by atoms with E-state index in [-0.39, 0.29) is 29.6 Å². The van der Waals surface area contributed by atoms with Crippen LogP contribution in [0.5, 0.6) is 11.5 Å². The molecule has 3 aromatic heterocycles. The van der Waals surface area contributed by atoms with Crippen LogP contribution in [0, 0.1) is 11.2 Å². The van der Waals surface area contributed by atoms with E-state index >= 15 is 0 Å². The van der Waals surface area contributed by atoms with Gasteiger partial charge in [-0.1, -0.05) is 26.0 Å². The zero-order valence-electron chi connectivity index (χ0n) is 24.0. The van der Waals surface area contributed by atoms with E-state index in [9.17, 15) is 14.0 Å². The van der Waals surface area contributed by atoms with Gasteiger partial charge in [-0.25, -0.2) is 13.9 Å². The summed E-state index contributed by atoms with van der Waals surface area (Å²) < 4.78 is 28.8. The van der Waals surface area contributed by atoms with E-state index in [2.05, 4.69) is 31.0 Å². The van der Waals surface area contributed by atoms with Crippen LogP contribution in [0.25, 0.3) is 11.4 Å². The predicted molar refractivity (Wildman–Crippen MR) is 150 cm³/mol. The van der Waals surface area contributed by atoms with Crippen molar-refractivity contribution in [3.63, 3.8) is 0 Å². The van der Waals surface area contributed by atoms with Crippen LogP contribution in [0.15, 0.2) is 48.8 Å². The lowest BCUT2D eigenvalue weighted by Crippen LogP contribution is -2.24. The van der Waals surface area contributed by atoms with Crippen molar-refractivity contribution in [1.82, 2.24) is 29.8 Å². The van der Waals surface area contributed by atoms with Gasteiger partial charge in [-0.05, 0) is 39.0 Å². The topological polar surface area (TPSA) is 138 Å². The van der Waals surface area contributed by atoms with Crippen LogP contribution in [0.1, 0.15) is 47.2 Å². The number of aromatic nitrogens is 6. The maximum atomic E-state index is 14.8. The highest BCUT2D eigenvalue weighted by atomic mass is 19.1. The average molecular weight is 565 g/mol. The molecular formula is C28H33FN8O4. The molecule has 0 aliphatic rings. The molecule has 0 radical (unpaired) electrons. The molecule has 1 aromatic carbocycles. The largest absolute Gasteiger partial charge is 0.457 e. The lowest BCUT2D eigenvalue weighted by atomic mass is 9.92. The number of benzene rings is 1. The standard InChI is InChI=1S/C28H33FN8O4/c1-27(2,3)23-14-24(36(7)34-23)32-26(39)31-20-9-8-17(12-19(20)29)41-18-10-11-30-21(13-18)22-15-37(35-33-22)16-40-25(38)28(4,5)6/h8-15H,16H2,1-7H3,(H2,31,32,39). The first-order chi connectivity index (χ1) is 19.2. The first-order valence-corrected chi connectivity index (χ1v) is 12.8. The summed E-state index contributed by atoms with van der Waals surface area (Å²) in [6.07, 6.45) is 3.10. The SMILES string of the molecule is Cn1nc(C(C)(C)C)cc1NC(=O)Nc1ccc(Oc2ccnc(-c3cn(COC(=O)C(C)(C)C)nn3)c2)cc1F. The minimum absolute atomic E-state index is 0.0211. The van der Waals surface area contributed by atoms with Crippen LogP contribution in [-0.2, 0) is 28.7 Å². The van der Waals surface area contributed by atoms with Gasteiger partial charge in [-0.2, -0.15) is 5.10 Å². The van der Waals surface area contributed by atoms with Crippen molar-refractivity contribution in [2.45, 2.75) is 53.7 Å². The number of urea groups is 1. The fraction of sp³-hybridized carbons (Fsp3) is 0.357. The highest BCUT2D eigenvalue weighted by molar-refractivity contribution is 5.99. The summed E-state index contributed by atoms with van der Waals surface area (Å²) >= 11 is 0. The van der Waals surface area contributed by atoms with E-state index in [4.69, 9.17) is 9.47 Å². The van der Waals surface area contributed by atoms with Gasteiger partial charge in [0.1, 0.15) is 28.8 Å². The number of carbonyl (C=O) groups excluding carboxylic acids is 2. The molecular weight excluding hydrogens is 531 g/mol. The minimum atomic E-state index is -0.680. The number of aryl methyl sites for hydroxylation is 1. The summed E-state index contributed by atoms with van der Waals surface area (Å²) in [6.45, 7) is 11.3. The number of nitrogens with one attached hydrogen (secondary N) is 2. The van der Waals surface area contributed by atoms with Crippen LogP contribution in [0.3, 0.4) is 0 Å². The molecule has 4 rings (SSSR count). The third-order valence-corrected chi connectivity index (χ3v) is 5.79. The Morgan fingerprint density at radius 1 is 0.976 bits per heavy atom. The Morgan fingerprint density at radius 3 is 2.37 bits per heavy atom. The minimum Gasteiger partial charge on any atom is -0.457 e. The number of rotatable bonds is 7. The Bertz CT molecular complexity index is 1570. The number of nitrogens with zero attached hydrogens (tertiary/aromatic N) is 6.